The highest BCUT2D eigenvalue weighted by Gasteiger charge is 2.04. The highest BCUT2D eigenvalue weighted by molar-refractivity contribution is 7.80. The van der Waals surface area contributed by atoms with Crippen molar-refractivity contribution in [3.63, 3.8) is 0 Å². The zero-order valence-electron chi connectivity index (χ0n) is 12.6. The molecule has 0 fully saturated rings. The van der Waals surface area contributed by atoms with E-state index in [0.29, 0.717) is 6.04 Å². The van der Waals surface area contributed by atoms with Crippen molar-refractivity contribution in [3.8, 4) is 0 Å². The van der Waals surface area contributed by atoms with Crippen LogP contribution in [0.1, 0.15) is 45.6 Å². The molecule has 20 heavy (non-hydrogen) atoms. The van der Waals surface area contributed by atoms with E-state index in [1.54, 1.807) is 0 Å². The molecule has 0 saturated heterocycles. The quantitative estimate of drug-likeness (QED) is 0.724. The summed E-state index contributed by atoms with van der Waals surface area (Å²) in [5, 5.41) is 8.03. The van der Waals surface area contributed by atoms with E-state index in [9.17, 15) is 0 Å². The molecule has 1 atom stereocenters. The Hall–Kier alpha value is -0.800. The van der Waals surface area contributed by atoms with Crippen molar-refractivity contribution < 1.29 is 0 Å². The van der Waals surface area contributed by atoms with Crippen LogP contribution in [0, 0.1) is 5.92 Å². The molecule has 0 radical (unpaired) electrons. The molecular weight excluding hydrogens is 288 g/mol. The molecule has 0 aliphatic rings. The van der Waals surface area contributed by atoms with Gasteiger partial charge in [0.1, 0.15) is 0 Å². The molecule has 1 unspecified atom stereocenters. The van der Waals surface area contributed by atoms with Gasteiger partial charge in [0.15, 0.2) is 5.11 Å². The Bertz CT molecular complexity index is 403. The molecule has 0 aliphatic heterocycles. The van der Waals surface area contributed by atoms with Gasteiger partial charge in [0.05, 0.1) is 0 Å². The molecule has 0 spiro atoms. The molecule has 0 amide bonds. The van der Waals surface area contributed by atoms with Crippen LogP contribution in [0.2, 0.25) is 5.02 Å². The minimum atomic E-state index is 0.416. The average Bonchev–Trinajstić information content (AvgIpc) is 2.37. The molecule has 2 N–H and O–H groups in total. The third kappa shape index (κ3) is 7.71. The topological polar surface area (TPSA) is 24.1 Å². The first-order valence-corrected chi connectivity index (χ1v) is 8.05. The molecule has 0 bridgehead atoms. The van der Waals surface area contributed by atoms with Crippen molar-refractivity contribution in [3.05, 3.63) is 34.9 Å². The van der Waals surface area contributed by atoms with E-state index in [-0.39, 0.29) is 0 Å². The van der Waals surface area contributed by atoms with Gasteiger partial charge >= 0.3 is 0 Å². The van der Waals surface area contributed by atoms with E-state index >= 15 is 0 Å². The maximum atomic E-state index is 5.86. The molecule has 2 nitrogen and oxygen atoms in total. The molecule has 0 saturated carbocycles. The maximum absolute atomic E-state index is 5.86. The summed E-state index contributed by atoms with van der Waals surface area (Å²) in [4.78, 5) is 0. The summed E-state index contributed by atoms with van der Waals surface area (Å²) in [6.07, 6.45) is 3.67. The Balaban J connectivity index is 2.20. The number of benzene rings is 1. The minimum Gasteiger partial charge on any atom is -0.360 e. The Morgan fingerprint density at radius 1 is 1.15 bits per heavy atom. The SMILES string of the molecule is CC(C)CCCC(C)NC(=S)NCc1ccc(Cl)cc1. The number of halogens is 1. The lowest BCUT2D eigenvalue weighted by Gasteiger charge is -2.17. The van der Waals surface area contributed by atoms with E-state index < -0.39 is 0 Å². The fraction of sp³-hybridized carbons (Fsp3) is 0.562. The van der Waals surface area contributed by atoms with E-state index in [0.717, 1.165) is 29.0 Å². The zero-order chi connectivity index (χ0) is 15.0. The first kappa shape index (κ1) is 17.3. The Kier molecular flexibility index (Phi) is 7.93. The summed E-state index contributed by atoms with van der Waals surface area (Å²) in [5.74, 6) is 0.775. The fourth-order valence-electron chi connectivity index (χ4n) is 1.96. The Morgan fingerprint density at radius 3 is 2.40 bits per heavy atom. The van der Waals surface area contributed by atoms with Crippen LogP contribution in [0.15, 0.2) is 24.3 Å². The van der Waals surface area contributed by atoms with Crippen LogP contribution in [0.25, 0.3) is 0 Å². The fourth-order valence-corrected chi connectivity index (χ4v) is 2.36. The third-order valence-electron chi connectivity index (χ3n) is 3.16. The van der Waals surface area contributed by atoms with Crippen molar-refractivity contribution in [1.82, 2.24) is 10.6 Å². The van der Waals surface area contributed by atoms with E-state index in [1.165, 1.54) is 18.4 Å². The van der Waals surface area contributed by atoms with E-state index in [1.807, 2.05) is 24.3 Å². The minimum absolute atomic E-state index is 0.416. The summed E-state index contributed by atoms with van der Waals surface area (Å²) in [5.41, 5.74) is 1.17. The van der Waals surface area contributed by atoms with Crippen LogP contribution >= 0.6 is 23.8 Å². The van der Waals surface area contributed by atoms with Crippen LogP contribution in [0.5, 0.6) is 0 Å². The van der Waals surface area contributed by atoms with Gasteiger partial charge in [0.2, 0.25) is 0 Å². The molecule has 1 aromatic rings. The number of rotatable bonds is 7. The smallest absolute Gasteiger partial charge is 0.166 e. The number of nitrogens with one attached hydrogen (secondary N) is 2. The molecule has 1 aromatic carbocycles. The summed E-state index contributed by atoms with van der Waals surface area (Å²) in [7, 11) is 0. The molecule has 0 heterocycles. The van der Waals surface area contributed by atoms with Gasteiger partial charge in [0, 0.05) is 17.6 Å². The second-order valence-corrected chi connectivity index (χ2v) is 6.52. The van der Waals surface area contributed by atoms with E-state index in [2.05, 4.69) is 31.4 Å². The van der Waals surface area contributed by atoms with Crippen molar-refractivity contribution in [2.24, 2.45) is 5.92 Å². The summed E-state index contributed by atoms with van der Waals surface area (Å²) in [6.45, 7) is 7.42. The standard InChI is InChI=1S/C16H25ClN2S/c1-12(2)5-4-6-13(3)19-16(20)18-11-14-7-9-15(17)10-8-14/h7-10,12-13H,4-6,11H2,1-3H3,(H2,18,19,20). The van der Waals surface area contributed by atoms with Gasteiger partial charge in [-0.1, -0.05) is 50.4 Å². The molecule has 1 rings (SSSR count). The molecule has 4 heteroatoms. The van der Waals surface area contributed by atoms with Crippen LogP contribution in [-0.2, 0) is 6.54 Å². The van der Waals surface area contributed by atoms with Gasteiger partial charge in [-0.2, -0.15) is 0 Å². The van der Waals surface area contributed by atoms with E-state index in [4.69, 9.17) is 23.8 Å². The van der Waals surface area contributed by atoms with Gasteiger partial charge in [-0.05, 0) is 49.2 Å². The van der Waals surface area contributed by atoms with Crippen LogP contribution in [0.3, 0.4) is 0 Å². The van der Waals surface area contributed by atoms with Crippen molar-refractivity contribution in [1.29, 1.82) is 0 Å². The Morgan fingerprint density at radius 2 is 1.80 bits per heavy atom. The number of hydrogen-bond acceptors (Lipinski definition) is 1. The van der Waals surface area contributed by atoms with Crippen molar-refractivity contribution >= 4 is 28.9 Å². The second kappa shape index (κ2) is 9.19. The number of hydrogen-bond donors (Lipinski definition) is 2. The molecule has 112 valence electrons. The van der Waals surface area contributed by atoms with Crippen LogP contribution in [-0.4, -0.2) is 11.2 Å². The largest absolute Gasteiger partial charge is 0.360 e. The summed E-state index contributed by atoms with van der Waals surface area (Å²) < 4.78 is 0. The lowest BCUT2D eigenvalue weighted by Crippen LogP contribution is -2.40. The normalized spacial score (nSPS) is 12.2. The predicted octanol–water partition coefficient (Wildman–Crippen LogP) is 4.52. The highest BCUT2D eigenvalue weighted by Crippen LogP contribution is 2.09. The lowest BCUT2D eigenvalue weighted by atomic mass is 10.0. The Labute approximate surface area is 133 Å². The van der Waals surface area contributed by atoms with Gasteiger partial charge in [-0.3, -0.25) is 0 Å². The first-order chi connectivity index (χ1) is 9.47. The second-order valence-electron chi connectivity index (χ2n) is 5.68. The highest BCUT2D eigenvalue weighted by atomic mass is 35.5. The predicted molar refractivity (Wildman–Crippen MR) is 92.2 cm³/mol. The third-order valence-corrected chi connectivity index (χ3v) is 3.68. The van der Waals surface area contributed by atoms with Gasteiger partial charge in [-0.15, -0.1) is 0 Å². The van der Waals surface area contributed by atoms with Gasteiger partial charge < -0.3 is 10.6 Å². The monoisotopic (exact) mass is 312 g/mol. The maximum Gasteiger partial charge on any atom is 0.166 e. The first-order valence-electron chi connectivity index (χ1n) is 7.26. The summed E-state index contributed by atoms with van der Waals surface area (Å²) >= 11 is 11.2. The number of thiocarbonyl (C=S) groups is 1. The van der Waals surface area contributed by atoms with Crippen molar-refractivity contribution in [2.45, 2.75) is 52.6 Å². The molecular formula is C16H25ClN2S. The molecule has 0 aromatic heterocycles. The summed E-state index contributed by atoms with van der Waals surface area (Å²) in [6, 6.07) is 8.21. The van der Waals surface area contributed by atoms with Gasteiger partial charge in [0.25, 0.3) is 0 Å². The zero-order valence-corrected chi connectivity index (χ0v) is 14.2. The van der Waals surface area contributed by atoms with Crippen LogP contribution in [0.4, 0.5) is 0 Å². The lowest BCUT2D eigenvalue weighted by molar-refractivity contribution is 0.493. The van der Waals surface area contributed by atoms with Crippen LogP contribution < -0.4 is 10.6 Å². The van der Waals surface area contributed by atoms with Crippen molar-refractivity contribution in [2.75, 3.05) is 0 Å². The molecule has 0 aliphatic carbocycles. The average molecular weight is 313 g/mol. The van der Waals surface area contributed by atoms with Gasteiger partial charge in [-0.25, -0.2) is 0 Å².